The number of benzene rings is 2. The van der Waals surface area contributed by atoms with Gasteiger partial charge in [-0.05, 0) is 12.1 Å². The van der Waals surface area contributed by atoms with Crippen molar-refractivity contribution in [3.8, 4) is 27.8 Å². The molecule has 28 heavy (non-hydrogen) atoms. The number of carbonyl (C=O) groups is 2. The highest BCUT2D eigenvalue weighted by Gasteiger charge is 2.22. The van der Waals surface area contributed by atoms with Gasteiger partial charge >= 0.3 is 5.97 Å². The molecule has 3 aromatic rings. The van der Waals surface area contributed by atoms with Crippen LogP contribution in [0.25, 0.3) is 10.6 Å². The molecule has 1 aromatic heterocycles. The molecule has 8 heteroatoms. The number of ketones is 1. The Morgan fingerprint density at radius 1 is 1.07 bits per heavy atom. The van der Waals surface area contributed by atoms with Crippen LogP contribution in [-0.4, -0.2) is 36.8 Å². The minimum absolute atomic E-state index is 0.0652. The van der Waals surface area contributed by atoms with E-state index in [4.69, 9.17) is 25.8 Å². The van der Waals surface area contributed by atoms with Crippen molar-refractivity contribution in [2.75, 3.05) is 20.1 Å². The molecule has 0 radical (unpaired) electrons. The molecule has 144 valence electrons. The van der Waals surface area contributed by atoms with Crippen molar-refractivity contribution in [2.45, 2.75) is 0 Å². The zero-order valence-electron chi connectivity index (χ0n) is 15.1. The first-order valence-electron chi connectivity index (χ1n) is 8.15. The van der Waals surface area contributed by atoms with Crippen LogP contribution < -0.4 is 14.2 Å². The van der Waals surface area contributed by atoms with E-state index in [1.54, 1.807) is 5.38 Å². The maximum atomic E-state index is 12.9. The van der Waals surface area contributed by atoms with Gasteiger partial charge in [-0.3, -0.25) is 9.59 Å². The van der Waals surface area contributed by atoms with Gasteiger partial charge in [0.25, 0.3) is 0 Å². The highest BCUT2D eigenvalue weighted by Crippen LogP contribution is 2.39. The van der Waals surface area contributed by atoms with Crippen LogP contribution in [0.3, 0.4) is 0 Å². The number of nitrogens with zero attached hydrogens (tertiary/aromatic N) is 1. The van der Waals surface area contributed by atoms with Gasteiger partial charge in [0.2, 0.25) is 11.5 Å². The van der Waals surface area contributed by atoms with Gasteiger partial charge in [0.05, 0.1) is 14.2 Å². The smallest absolute Gasteiger partial charge is 0.326 e. The Bertz CT molecular complexity index is 978. The van der Waals surface area contributed by atoms with Gasteiger partial charge in [-0.1, -0.05) is 30.3 Å². The minimum Gasteiger partial charge on any atom is -0.493 e. The summed E-state index contributed by atoms with van der Waals surface area (Å²) in [6.45, 7) is 0. The van der Waals surface area contributed by atoms with Crippen LogP contribution in [0.5, 0.6) is 17.2 Å². The molecule has 0 fully saturated rings. The predicted octanol–water partition coefficient (Wildman–Crippen LogP) is 4.20. The summed E-state index contributed by atoms with van der Waals surface area (Å²) in [5.74, 6) is -0.863. The van der Waals surface area contributed by atoms with Crippen LogP contribution in [0.1, 0.15) is 16.1 Å². The summed E-state index contributed by atoms with van der Waals surface area (Å²) >= 11 is 6.87. The second kappa shape index (κ2) is 8.86. The number of hydrogen-bond donors (Lipinski definition) is 0. The highest BCUT2D eigenvalue weighted by molar-refractivity contribution is 7.13. The number of hydrogen-bond acceptors (Lipinski definition) is 7. The molecule has 0 unspecified atom stereocenters. The highest BCUT2D eigenvalue weighted by atomic mass is 35.5. The fraction of sp³-hybridized carbons (Fsp3) is 0.150. The van der Waals surface area contributed by atoms with E-state index in [1.165, 1.54) is 37.7 Å². The third-order valence-corrected chi connectivity index (χ3v) is 4.91. The first-order chi connectivity index (χ1) is 13.6. The van der Waals surface area contributed by atoms with Crippen molar-refractivity contribution in [1.29, 1.82) is 0 Å². The molecule has 0 N–H and O–H groups in total. The summed E-state index contributed by atoms with van der Waals surface area (Å²) in [6.07, 6.45) is 0. The molecule has 0 aliphatic heterocycles. The number of alkyl halides is 1. The maximum Gasteiger partial charge on any atom is 0.326 e. The van der Waals surface area contributed by atoms with Gasteiger partial charge < -0.3 is 14.2 Å². The van der Waals surface area contributed by atoms with Gasteiger partial charge in [-0.25, -0.2) is 4.98 Å². The Hall–Kier alpha value is -2.90. The van der Waals surface area contributed by atoms with Crippen LogP contribution >= 0.6 is 22.9 Å². The standard InChI is InChI=1S/C20H16ClNO5S/c1-25-15-8-13(9-16(26-2)19(15)27-17(23)10-21)18(24)14-11-28-20(22-14)12-6-4-3-5-7-12/h3-9,11H,10H2,1-2H3. The number of esters is 1. The van der Waals surface area contributed by atoms with E-state index >= 15 is 0 Å². The van der Waals surface area contributed by atoms with E-state index < -0.39 is 5.97 Å². The maximum absolute atomic E-state index is 12.9. The molecule has 2 aromatic carbocycles. The molecule has 0 amide bonds. The Morgan fingerprint density at radius 3 is 2.29 bits per heavy atom. The van der Waals surface area contributed by atoms with Crippen molar-refractivity contribution in [3.63, 3.8) is 0 Å². The van der Waals surface area contributed by atoms with Gasteiger partial charge in [0.15, 0.2) is 11.5 Å². The lowest BCUT2D eigenvalue weighted by atomic mass is 10.1. The van der Waals surface area contributed by atoms with E-state index in [1.807, 2.05) is 30.3 Å². The van der Waals surface area contributed by atoms with Gasteiger partial charge in [-0.2, -0.15) is 0 Å². The first-order valence-corrected chi connectivity index (χ1v) is 9.57. The average Bonchev–Trinajstić information content (AvgIpc) is 3.24. The summed E-state index contributed by atoms with van der Waals surface area (Å²) in [5.41, 5.74) is 1.53. The Morgan fingerprint density at radius 2 is 1.71 bits per heavy atom. The monoisotopic (exact) mass is 417 g/mol. The van der Waals surface area contributed by atoms with Crippen LogP contribution in [0.15, 0.2) is 47.8 Å². The Kier molecular flexibility index (Phi) is 6.28. The number of thiazole rings is 1. The first kappa shape index (κ1) is 19.9. The molecule has 3 rings (SSSR count). The molecule has 0 aliphatic carbocycles. The van der Waals surface area contributed by atoms with E-state index in [2.05, 4.69) is 4.98 Å². The van der Waals surface area contributed by atoms with Crippen LogP contribution in [0.4, 0.5) is 0 Å². The molecular formula is C20H16ClNO5S. The summed E-state index contributed by atoms with van der Waals surface area (Å²) in [7, 11) is 2.80. The lowest BCUT2D eigenvalue weighted by molar-refractivity contribution is -0.131. The fourth-order valence-corrected chi connectivity index (χ4v) is 3.35. The van der Waals surface area contributed by atoms with Crippen LogP contribution in [0.2, 0.25) is 0 Å². The Labute approximate surface area is 170 Å². The van der Waals surface area contributed by atoms with Crippen molar-refractivity contribution < 1.29 is 23.8 Å². The number of methoxy groups -OCH3 is 2. The van der Waals surface area contributed by atoms with Crippen LogP contribution in [0, 0.1) is 0 Å². The number of aromatic nitrogens is 1. The van der Waals surface area contributed by atoms with Gasteiger partial charge in [0, 0.05) is 16.5 Å². The topological polar surface area (TPSA) is 74.7 Å². The summed E-state index contributed by atoms with van der Waals surface area (Å²) < 4.78 is 15.7. The quantitative estimate of drug-likeness (QED) is 0.248. The van der Waals surface area contributed by atoms with Gasteiger partial charge in [-0.15, -0.1) is 22.9 Å². The lowest BCUT2D eigenvalue weighted by Crippen LogP contribution is -2.12. The minimum atomic E-state index is -0.663. The van der Waals surface area contributed by atoms with Crippen molar-refractivity contribution in [1.82, 2.24) is 4.98 Å². The Balaban J connectivity index is 1.96. The zero-order valence-corrected chi connectivity index (χ0v) is 16.7. The molecule has 1 heterocycles. The summed E-state index contributed by atoms with van der Waals surface area (Å²) in [4.78, 5) is 28.9. The van der Waals surface area contributed by atoms with E-state index in [0.29, 0.717) is 11.3 Å². The van der Waals surface area contributed by atoms with Crippen molar-refractivity contribution >= 4 is 34.7 Å². The summed E-state index contributed by atoms with van der Waals surface area (Å²) in [5, 5.41) is 2.45. The second-order valence-electron chi connectivity index (χ2n) is 5.55. The largest absolute Gasteiger partial charge is 0.493 e. The molecule has 0 saturated heterocycles. The van der Waals surface area contributed by atoms with E-state index in [0.717, 1.165) is 10.6 Å². The number of halogens is 1. The molecule has 0 saturated carbocycles. The predicted molar refractivity (Wildman–Crippen MR) is 107 cm³/mol. The SMILES string of the molecule is COc1cc(C(=O)c2csc(-c3ccccc3)n2)cc(OC)c1OC(=O)CCl. The number of rotatable bonds is 7. The molecule has 0 aliphatic rings. The fourth-order valence-electron chi connectivity index (χ4n) is 2.49. The zero-order chi connectivity index (χ0) is 20.1. The lowest BCUT2D eigenvalue weighted by Gasteiger charge is -2.14. The normalized spacial score (nSPS) is 10.4. The second-order valence-corrected chi connectivity index (χ2v) is 6.68. The van der Waals surface area contributed by atoms with Crippen molar-refractivity contribution in [3.05, 3.63) is 59.1 Å². The molecule has 0 bridgehead atoms. The summed E-state index contributed by atoms with van der Waals surface area (Å²) in [6, 6.07) is 12.6. The van der Waals surface area contributed by atoms with E-state index in [9.17, 15) is 9.59 Å². The van der Waals surface area contributed by atoms with Crippen molar-refractivity contribution in [2.24, 2.45) is 0 Å². The van der Waals surface area contributed by atoms with E-state index in [-0.39, 0.29) is 28.9 Å². The molecule has 0 spiro atoms. The van der Waals surface area contributed by atoms with Crippen LogP contribution in [-0.2, 0) is 4.79 Å². The third kappa shape index (κ3) is 4.16. The molecular weight excluding hydrogens is 402 g/mol. The number of ether oxygens (including phenoxy) is 3. The molecule has 6 nitrogen and oxygen atoms in total. The van der Waals surface area contributed by atoms with Gasteiger partial charge in [0.1, 0.15) is 16.6 Å². The number of carbonyl (C=O) groups excluding carboxylic acids is 2. The average molecular weight is 418 g/mol. The third-order valence-electron chi connectivity index (χ3n) is 3.81. The molecule has 0 atom stereocenters.